The highest BCUT2D eigenvalue weighted by Gasteiger charge is 2.18. The normalized spacial score (nSPS) is 12.7. The molecule has 3 rings (SSSR count). The standard InChI is InChI=1S/C14H9ClF2N2O2S2/c15-13-6-5-12(22-13)11-7-10(14(16)17)18-19(11)8-1-3-9(4-2-8)23(20)21/h1-7,14H,(H,20,21)/p-1. The lowest BCUT2D eigenvalue weighted by molar-refractivity contribution is 0.145. The molecule has 0 N–H and O–H groups in total. The Morgan fingerprint density at radius 1 is 1.22 bits per heavy atom. The number of nitrogens with zero attached hydrogens (tertiary/aromatic N) is 2. The number of halogens is 3. The van der Waals surface area contributed by atoms with E-state index < -0.39 is 17.5 Å². The highest BCUT2D eigenvalue weighted by molar-refractivity contribution is 7.79. The average molecular weight is 374 g/mol. The molecule has 0 saturated carbocycles. The van der Waals surface area contributed by atoms with Gasteiger partial charge in [0.2, 0.25) is 0 Å². The molecule has 0 radical (unpaired) electrons. The highest BCUT2D eigenvalue weighted by Crippen LogP contribution is 2.34. The van der Waals surface area contributed by atoms with Gasteiger partial charge in [0.1, 0.15) is 5.69 Å². The fraction of sp³-hybridized carbons (Fsp3) is 0.0714. The molecule has 0 bridgehead atoms. The van der Waals surface area contributed by atoms with Crippen molar-refractivity contribution in [1.29, 1.82) is 0 Å². The second kappa shape index (κ2) is 6.48. The van der Waals surface area contributed by atoms with Gasteiger partial charge in [-0.3, -0.25) is 4.21 Å². The van der Waals surface area contributed by atoms with E-state index in [1.165, 1.54) is 46.4 Å². The summed E-state index contributed by atoms with van der Waals surface area (Å²) in [7, 11) is 0. The van der Waals surface area contributed by atoms with Crippen LogP contribution in [0, 0.1) is 0 Å². The lowest BCUT2D eigenvalue weighted by Crippen LogP contribution is -2.00. The van der Waals surface area contributed by atoms with Gasteiger partial charge in [0, 0.05) is 4.90 Å². The van der Waals surface area contributed by atoms with Crippen molar-refractivity contribution in [3.8, 4) is 16.3 Å². The van der Waals surface area contributed by atoms with Crippen molar-refractivity contribution < 1.29 is 17.5 Å². The first-order valence-electron chi connectivity index (χ1n) is 6.29. The monoisotopic (exact) mass is 373 g/mol. The summed E-state index contributed by atoms with van der Waals surface area (Å²) in [4.78, 5) is 0.793. The molecule has 0 aliphatic rings. The molecule has 0 amide bonds. The Morgan fingerprint density at radius 2 is 1.91 bits per heavy atom. The van der Waals surface area contributed by atoms with Crippen LogP contribution < -0.4 is 0 Å². The van der Waals surface area contributed by atoms with Crippen molar-refractivity contribution in [3.63, 3.8) is 0 Å². The van der Waals surface area contributed by atoms with Crippen LogP contribution in [0.5, 0.6) is 0 Å². The molecule has 23 heavy (non-hydrogen) atoms. The molecule has 3 aromatic rings. The van der Waals surface area contributed by atoms with E-state index in [0.717, 1.165) is 0 Å². The lowest BCUT2D eigenvalue weighted by Gasteiger charge is -2.09. The van der Waals surface area contributed by atoms with Crippen molar-refractivity contribution in [1.82, 2.24) is 9.78 Å². The predicted molar refractivity (Wildman–Crippen MR) is 84.0 cm³/mol. The van der Waals surface area contributed by atoms with Crippen LogP contribution in [0.1, 0.15) is 12.1 Å². The first-order valence-corrected chi connectivity index (χ1v) is 8.56. The molecule has 0 aliphatic carbocycles. The van der Waals surface area contributed by atoms with E-state index >= 15 is 0 Å². The molecule has 0 saturated heterocycles. The average Bonchev–Trinajstić information content (AvgIpc) is 3.13. The van der Waals surface area contributed by atoms with E-state index in [-0.39, 0.29) is 10.6 Å². The third-order valence-electron chi connectivity index (χ3n) is 3.05. The number of rotatable bonds is 4. The first-order chi connectivity index (χ1) is 11.0. The Balaban J connectivity index is 2.11. The maximum absolute atomic E-state index is 13.0. The SMILES string of the molecule is O=S([O-])c1ccc(-n2nc(C(F)F)cc2-c2ccc(Cl)s2)cc1. The van der Waals surface area contributed by atoms with Gasteiger partial charge in [-0.2, -0.15) is 5.10 Å². The molecule has 4 nitrogen and oxygen atoms in total. The van der Waals surface area contributed by atoms with Gasteiger partial charge in [-0.25, -0.2) is 13.5 Å². The number of aromatic nitrogens is 2. The van der Waals surface area contributed by atoms with Gasteiger partial charge < -0.3 is 4.55 Å². The summed E-state index contributed by atoms with van der Waals surface area (Å²) in [5, 5.41) is 3.92. The summed E-state index contributed by atoms with van der Waals surface area (Å²) in [5.74, 6) is 0. The van der Waals surface area contributed by atoms with Crippen molar-refractivity contribution >= 4 is 34.0 Å². The molecular weight excluding hydrogens is 366 g/mol. The zero-order chi connectivity index (χ0) is 16.6. The maximum atomic E-state index is 13.0. The molecule has 9 heteroatoms. The van der Waals surface area contributed by atoms with E-state index in [1.807, 2.05) is 0 Å². The number of alkyl halides is 2. The molecule has 1 unspecified atom stereocenters. The predicted octanol–water partition coefficient (Wildman–Crippen LogP) is 4.43. The van der Waals surface area contributed by atoms with Crippen LogP contribution in [0.25, 0.3) is 16.3 Å². The summed E-state index contributed by atoms with van der Waals surface area (Å²) in [5.41, 5.74) is 0.583. The molecule has 0 aliphatic heterocycles. The molecule has 1 atom stereocenters. The van der Waals surface area contributed by atoms with E-state index in [9.17, 15) is 17.5 Å². The second-order valence-electron chi connectivity index (χ2n) is 4.50. The fourth-order valence-corrected chi connectivity index (χ4v) is 3.43. The third-order valence-corrected chi connectivity index (χ3v) is 4.96. The molecule has 0 fully saturated rings. The summed E-state index contributed by atoms with van der Waals surface area (Å²) < 4.78 is 49.7. The van der Waals surface area contributed by atoms with Crippen molar-refractivity contribution in [2.24, 2.45) is 0 Å². The first kappa shape index (κ1) is 16.3. The van der Waals surface area contributed by atoms with Crippen LogP contribution in [-0.4, -0.2) is 18.5 Å². The van der Waals surface area contributed by atoms with Gasteiger partial charge in [-0.15, -0.1) is 11.3 Å². The Labute approximate surface area is 141 Å². The Morgan fingerprint density at radius 3 is 2.43 bits per heavy atom. The van der Waals surface area contributed by atoms with Gasteiger partial charge >= 0.3 is 0 Å². The van der Waals surface area contributed by atoms with Gasteiger partial charge in [0.25, 0.3) is 6.43 Å². The third kappa shape index (κ3) is 3.35. The summed E-state index contributed by atoms with van der Waals surface area (Å²) in [6, 6.07) is 10.5. The number of hydrogen-bond acceptors (Lipinski definition) is 4. The fourth-order valence-electron chi connectivity index (χ4n) is 2.03. The molecular formula is C14H8ClF2N2O2S2-. The lowest BCUT2D eigenvalue weighted by atomic mass is 10.3. The minimum atomic E-state index is -2.71. The minimum absolute atomic E-state index is 0.107. The Hall–Kier alpha value is -1.61. The van der Waals surface area contributed by atoms with Crippen molar-refractivity contribution in [2.75, 3.05) is 0 Å². The largest absolute Gasteiger partial charge is 0.768 e. The minimum Gasteiger partial charge on any atom is -0.768 e. The van der Waals surface area contributed by atoms with Crippen molar-refractivity contribution in [3.05, 3.63) is 52.5 Å². The van der Waals surface area contributed by atoms with Gasteiger partial charge in [0.05, 0.1) is 20.6 Å². The van der Waals surface area contributed by atoms with Crippen LogP contribution >= 0.6 is 22.9 Å². The van der Waals surface area contributed by atoms with E-state index in [2.05, 4.69) is 5.10 Å². The summed E-state index contributed by atoms with van der Waals surface area (Å²) in [6.07, 6.45) is -2.71. The summed E-state index contributed by atoms with van der Waals surface area (Å²) in [6.45, 7) is 0. The Bertz CT molecular complexity index is 862. The quantitative estimate of drug-likeness (QED) is 0.636. The summed E-state index contributed by atoms with van der Waals surface area (Å²) >= 11 is 4.80. The van der Waals surface area contributed by atoms with Crippen LogP contribution in [0.3, 0.4) is 0 Å². The second-order valence-corrected chi connectivity index (χ2v) is 7.16. The van der Waals surface area contributed by atoms with E-state index in [4.69, 9.17) is 11.6 Å². The molecule has 1 aromatic carbocycles. The van der Waals surface area contributed by atoms with Gasteiger partial charge in [-0.05, 0) is 53.5 Å². The number of thiophene rings is 1. The molecule has 2 heterocycles. The van der Waals surface area contributed by atoms with Crippen LogP contribution in [-0.2, 0) is 11.1 Å². The zero-order valence-electron chi connectivity index (χ0n) is 11.3. The van der Waals surface area contributed by atoms with Crippen LogP contribution in [0.4, 0.5) is 8.78 Å². The number of hydrogen-bond donors (Lipinski definition) is 0. The maximum Gasteiger partial charge on any atom is 0.282 e. The highest BCUT2D eigenvalue weighted by atomic mass is 35.5. The van der Waals surface area contributed by atoms with Crippen LogP contribution in [0.15, 0.2) is 47.4 Å². The topological polar surface area (TPSA) is 57.9 Å². The van der Waals surface area contributed by atoms with E-state index in [0.29, 0.717) is 20.6 Å². The Kier molecular flexibility index (Phi) is 4.58. The van der Waals surface area contributed by atoms with E-state index in [1.54, 1.807) is 12.1 Å². The molecule has 2 aromatic heterocycles. The zero-order valence-corrected chi connectivity index (χ0v) is 13.7. The molecule has 0 spiro atoms. The molecule has 120 valence electrons. The number of benzene rings is 1. The van der Waals surface area contributed by atoms with Crippen LogP contribution in [0.2, 0.25) is 4.34 Å². The van der Waals surface area contributed by atoms with Gasteiger partial charge in [0.15, 0.2) is 0 Å². The van der Waals surface area contributed by atoms with Gasteiger partial charge in [-0.1, -0.05) is 11.6 Å². The smallest absolute Gasteiger partial charge is 0.282 e. The van der Waals surface area contributed by atoms with Crippen molar-refractivity contribution in [2.45, 2.75) is 11.3 Å².